The van der Waals surface area contributed by atoms with Crippen molar-refractivity contribution in [3.63, 3.8) is 0 Å². The fourth-order valence-corrected chi connectivity index (χ4v) is 3.47. The lowest BCUT2D eigenvalue weighted by atomic mass is 9.80. The molecule has 1 N–H and O–H groups in total. The van der Waals surface area contributed by atoms with E-state index in [9.17, 15) is 14.7 Å². The molecule has 2 saturated heterocycles. The normalized spacial score (nSPS) is 20.6. The Morgan fingerprint density at radius 1 is 1.12 bits per heavy atom. The Labute approximate surface area is 141 Å². The zero-order chi connectivity index (χ0) is 17.0. The molecule has 2 aliphatic rings. The molecule has 0 bridgehead atoms. The third-order valence-corrected chi connectivity index (χ3v) is 4.94. The van der Waals surface area contributed by atoms with Crippen LogP contribution in [-0.4, -0.2) is 61.4 Å². The second-order valence-electron chi connectivity index (χ2n) is 6.62. The van der Waals surface area contributed by atoms with Gasteiger partial charge in [0, 0.05) is 31.7 Å². The van der Waals surface area contributed by atoms with E-state index in [1.54, 1.807) is 18.2 Å². The number of hydrogen-bond acceptors (Lipinski definition) is 4. The van der Waals surface area contributed by atoms with Crippen molar-refractivity contribution in [1.82, 2.24) is 4.90 Å². The molecule has 1 amide bonds. The van der Waals surface area contributed by atoms with Gasteiger partial charge in [-0.1, -0.05) is 18.2 Å². The second kappa shape index (κ2) is 7.32. The van der Waals surface area contributed by atoms with Gasteiger partial charge in [-0.3, -0.25) is 4.79 Å². The van der Waals surface area contributed by atoms with Crippen LogP contribution in [0.1, 0.15) is 28.8 Å². The number of aromatic carboxylic acids is 1. The van der Waals surface area contributed by atoms with E-state index in [2.05, 4.69) is 0 Å². The number of benzene rings is 1. The smallest absolute Gasteiger partial charge is 0.335 e. The zero-order valence-corrected chi connectivity index (χ0v) is 13.7. The first-order valence-electron chi connectivity index (χ1n) is 8.34. The summed E-state index contributed by atoms with van der Waals surface area (Å²) in [6.45, 7) is 3.79. The Kier molecular flexibility index (Phi) is 5.16. The Morgan fingerprint density at radius 3 is 2.62 bits per heavy atom. The number of nitrogens with zero attached hydrogens (tertiary/aromatic N) is 1. The molecule has 0 saturated carbocycles. The summed E-state index contributed by atoms with van der Waals surface area (Å²) < 4.78 is 11.2. The first kappa shape index (κ1) is 16.9. The Bertz CT molecular complexity index is 609. The van der Waals surface area contributed by atoms with E-state index in [1.165, 1.54) is 6.07 Å². The SMILES string of the molecule is O=C(O)c1ccccc1CC(=O)N1CCOCC2(CCOCC2)C1. The molecule has 1 spiro atoms. The number of carboxylic acid groups (broad SMARTS) is 1. The van der Waals surface area contributed by atoms with Crippen molar-refractivity contribution in [2.45, 2.75) is 19.3 Å². The lowest BCUT2D eigenvalue weighted by Gasteiger charge is -2.38. The topological polar surface area (TPSA) is 76.1 Å². The summed E-state index contributed by atoms with van der Waals surface area (Å²) in [5.41, 5.74) is 0.718. The van der Waals surface area contributed by atoms with Crippen LogP contribution in [0, 0.1) is 5.41 Å². The number of carbonyl (C=O) groups is 2. The van der Waals surface area contributed by atoms with E-state index in [0.29, 0.717) is 45.1 Å². The number of carboxylic acids is 1. The first-order valence-corrected chi connectivity index (χ1v) is 8.34. The van der Waals surface area contributed by atoms with Gasteiger partial charge >= 0.3 is 5.97 Å². The molecule has 6 nitrogen and oxygen atoms in total. The predicted molar refractivity (Wildman–Crippen MR) is 87.0 cm³/mol. The van der Waals surface area contributed by atoms with Gasteiger partial charge in [0.2, 0.25) is 5.91 Å². The van der Waals surface area contributed by atoms with Crippen LogP contribution in [0.5, 0.6) is 0 Å². The maximum absolute atomic E-state index is 12.8. The molecule has 2 fully saturated rings. The second-order valence-corrected chi connectivity index (χ2v) is 6.62. The molecule has 0 radical (unpaired) electrons. The van der Waals surface area contributed by atoms with Gasteiger partial charge in [-0.15, -0.1) is 0 Å². The number of carbonyl (C=O) groups excluding carboxylic acids is 1. The van der Waals surface area contributed by atoms with Crippen LogP contribution in [0.2, 0.25) is 0 Å². The molecule has 2 aliphatic heterocycles. The van der Waals surface area contributed by atoms with E-state index in [0.717, 1.165) is 12.8 Å². The molecule has 1 aromatic carbocycles. The van der Waals surface area contributed by atoms with Crippen molar-refractivity contribution in [1.29, 1.82) is 0 Å². The highest BCUT2D eigenvalue weighted by Crippen LogP contribution is 2.33. The fourth-order valence-electron chi connectivity index (χ4n) is 3.47. The molecule has 3 rings (SSSR count). The van der Waals surface area contributed by atoms with Crippen LogP contribution >= 0.6 is 0 Å². The molecule has 0 unspecified atom stereocenters. The average molecular weight is 333 g/mol. The van der Waals surface area contributed by atoms with E-state index in [4.69, 9.17) is 9.47 Å². The van der Waals surface area contributed by atoms with Gasteiger partial charge in [-0.2, -0.15) is 0 Å². The Morgan fingerprint density at radius 2 is 1.88 bits per heavy atom. The van der Waals surface area contributed by atoms with Crippen molar-refractivity contribution in [3.8, 4) is 0 Å². The zero-order valence-electron chi connectivity index (χ0n) is 13.7. The molecule has 130 valence electrons. The monoisotopic (exact) mass is 333 g/mol. The highest BCUT2D eigenvalue weighted by atomic mass is 16.5. The lowest BCUT2D eigenvalue weighted by molar-refractivity contribution is -0.132. The molecular weight excluding hydrogens is 310 g/mol. The molecule has 2 heterocycles. The summed E-state index contributed by atoms with van der Waals surface area (Å²) in [6.07, 6.45) is 1.89. The van der Waals surface area contributed by atoms with Crippen molar-refractivity contribution in [2.24, 2.45) is 5.41 Å². The summed E-state index contributed by atoms with van der Waals surface area (Å²) in [5.74, 6) is -1.04. The van der Waals surface area contributed by atoms with Crippen molar-refractivity contribution in [2.75, 3.05) is 39.5 Å². The average Bonchev–Trinajstić information content (AvgIpc) is 2.79. The molecule has 0 atom stereocenters. The number of hydrogen-bond donors (Lipinski definition) is 1. The third kappa shape index (κ3) is 3.76. The third-order valence-electron chi connectivity index (χ3n) is 4.94. The van der Waals surface area contributed by atoms with Gasteiger partial charge in [-0.05, 0) is 24.5 Å². The van der Waals surface area contributed by atoms with Crippen molar-refractivity contribution >= 4 is 11.9 Å². The molecule has 0 aromatic heterocycles. The van der Waals surface area contributed by atoms with Gasteiger partial charge in [0.05, 0.1) is 25.2 Å². The van der Waals surface area contributed by atoms with E-state index in [1.807, 2.05) is 4.90 Å². The molecule has 1 aromatic rings. The quantitative estimate of drug-likeness (QED) is 0.909. The summed E-state index contributed by atoms with van der Waals surface area (Å²) in [7, 11) is 0. The van der Waals surface area contributed by atoms with Gasteiger partial charge in [0.25, 0.3) is 0 Å². The Hall–Kier alpha value is -1.92. The number of amides is 1. The van der Waals surface area contributed by atoms with Gasteiger partial charge in [0.15, 0.2) is 0 Å². The van der Waals surface area contributed by atoms with Gasteiger partial charge in [0.1, 0.15) is 0 Å². The molecule has 6 heteroatoms. The van der Waals surface area contributed by atoms with Crippen molar-refractivity contribution in [3.05, 3.63) is 35.4 Å². The summed E-state index contributed by atoms with van der Waals surface area (Å²) >= 11 is 0. The lowest BCUT2D eigenvalue weighted by Crippen LogP contribution is -2.45. The summed E-state index contributed by atoms with van der Waals surface area (Å²) in [6, 6.07) is 6.69. The summed E-state index contributed by atoms with van der Waals surface area (Å²) in [5, 5.41) is 9.27. The Balaban J connectivity index is 1.73. The van der Waals surface area contributed by atoms with Crippen LogP contribution in [0.3, 0.4) is 0 Å². The first-order chi connectivity index (χ1) is 11.6. The maximum atomic E-state index is 12.8. The van der Waals surface area contributed by atoms with Crippen LogP contribution < -0.4 is 0 Å². The highest BCUT2D eigenvalue weighted by Gasteiger charge is 2.37. The standard InChI is InChI=1S/C18H23NO5/c20-16(11-14-3-1-2-4-15(14)17(21)22)19-7-10-24-13-18(12-19)5-8-23-9-6-18/h1-4H,5-13H2,(H,21,22). The minimum atomic E-state index is -1.00. The maximum Gasteiger partial charge on any atom is 0.335 e. The minimum absolute atomic E-state index is 0.0310. The molecule has 0 aliphatic carbocycles. The number of ether oxygens (including phenoxy) is 2. The van der Waals surface area contributed by atoms with Gasteiger partial charge in [-0.25, -0.2) is 4.79 Å². The van der Waals surface area contributed by atoms with Crippen LogP contribution in [0.15, 0.2) is 24.3 Å². The largest absolute Gasteiger partial charge is 0.478 e. The van der Waals surface area contributed by atoms with E-state index < -0.39 is 5.97 Å². The fraction of sp³-hybridized carbons (Fsp3) is 0.556. The minimum Gasteiger partial charge on any atom is -0.478 e. The van der Waals surface area contributed by atoms with E-state index >= 15 is 0 Å². The summed E-state index contributed by atoms with van der Waals surface area (Å²) in [4.78, 5) is 25.9. The predicted octanol–water partition coefficient (Wildman–Crippen LogP) is 1.58. The van der Waals surface area contributed by atoms with E-state index in [-0.39, 0.29) is 23.3 Å². The molecular formula is C18H23NO5. The van der Waals surface area contributed by atoms with Crippen LogP contribution in [-0.2, 0) is 20.7 Å². The molecule has 24 heavy (non-hydrogen) atoms. The highest BCUT2D eigenvalue weighted by molar-refractivity contribution is 5.91. The van der Waals surface area contributed by atoms with Crippen LogP contribution in [0.4, 0.5) is 0 Å². The number of rotatable bonds is 3. The van der Waals surface area contributed by atoms with Crippen molar-refractivity contribution < 1.29 is 24.2 Å². The van der Waals surface area contributed by atoms with Gasteiger partial charge < -0.3 is 19.5 Å². The van der Waals surface area contributed by atoms with Crippen LogP contribution in [0.25, 0.3) is 0 Å².